The first-order valence-electron chi connectivity index (χ1n) is 6.34. The van der Waals surface area contributed by atoms with E-state index in [2.05, 4.69) is 0 Å². The number of hydrogen-bond acceptors (Lipinski definition) is 4. The zero-order valence-electron chi connectivity index (χ0n) is 11.9. The monoisotopic (exact) mass is 285 g/mol. The summed E-state index contributed by atoms with van der Waals surface area (Å²) >= 11 is 0. The molecule has 0 saturated carbocycles. The van der Waals surface area contributed by atoms with Crippen LogP contribution in [0.25, 0.3) is 0 Å². The Morgan fingerprint density at radius 3 is 2.65 bits per heavy atom. The Kier molecular flexibility index (Phi) is 6.41. The van der Waals surface area contributed by atoms with Gasteiger partial charge in [0.1, 0.15) is 17.6 Å². The van der Waals surface area contributed by atoms with Crippen LogP contribution in [0.3, 0.4) is 0 Å². The molecule has 0 aliphatic rings. The summed E-state index contributed by atoms with van der Waals surface area (Å²) in [5.74, 6) is -1.18. The highest BCUT2D eigenvalue weighted by Gasteiger charge is 2.29. The molecule has 0 amide bonds. The molecule has 1 aromatic carbocycles. The molecule has 0 spiro atoms. The van der Waals surface area contributed by atoms with Crippen molar-refractivity contribution in [2.75, 3.05) is 33.9 Å². The Hall–Kier alpha value is -1.66. The Labute approximate surface area is 117 Å². The van der Waals surface area contributed by atoms with Crippen LogP contribution in [-0.2, 0) is 9.53 Å². The summed E-state index contributed by atoms with van der Waals surface area (Å²) in [6, 6.07) is 2.91. The van der Waals surface area contributed by atoms with Gasteiger partial charge < -0.3 is 14.6 Å². The van der Waals surface area contributed by atoms with Gasteiger partial charge in [-0.2, -0.15) is 0 Å². The van der Waals surface area contributed by atoms with Crippen LogP contribution in [0.15, 0.2) is 18.2 Å². The maximum absolute atomic E-state index is 13.4. The van der Waals surface area contributed by atoms with Crippen molar-refractivity contribution < 1.29 is 23.8 Å². The van der Waals surface area contributed by atoms with Crippen LogP contribution in [0.2, 0.25) is 0 Å². The lowest BCUT2D eigenvalue weighted by atomic mass is 10.0. The fraction of sp³-hybridized carbons (Fsp3) is 0.500. The SMILES string of the molecule is CCN(CCOC)C(C(=O)O)c1cc(F)ccc1OC. The van der Waals surface area contributed by atoms with Crippen molar-refractivity contribution in [1.29, 1.82) is 0 Å². The van der Waals surface area contributed by atoms with Crippen molar-refractivity contribution in [1.82, 2.24) is 4.90 Å². The van der Waals surface area contributed by atoms with Crippen LogP contribution in [0.1, 0.15) is 18.5 Å². The second-order valence-electron chi connectivity index (χ2n) is 4.25. The third kappa shape index (κ3) is 3.91. The standard InChI is InChI=1S/C14H20FNO4/c1-4-16(7-8-19-2)13(14(17)18)11-9-10(15)5-6-12(11)20-3/h5-6,9,13H,4,7-8H2,1-3H3,(H,17,18). The van der Waals surface area contributed by atoms with Crippen molar-refractivity contribution in [3.8, 4) is 5.75 Å². The number of nitrogens with zero attached hydrogens (tertiary/aromatic N) is 1. The molecule has 1 aromatic rings. The Balaban J connectivity index is 3.18. The topological polar surface area (TPSA) is 59.0 Å². The summed E-state index contributed by atoms with van der Waals surface area (Å²) in [5.41, 5.74) is 0.304. The molecule has 0 radical (unpaired) electrons. The molecular weight excluding hydrogens is 265 g/mol. The number of carboxylic acid groups (broad SMARTS) is 1. The number of ether oxygens (including phenoxy) is 2. The summed E-state index contributed by atoms with van der Waals surface area (Å²) < 4.78 is 23.6. The van der Waals surface area contributed by atoms with Gasteiger partial charge in [-0.25, -0.2) is 4.39 Å². The summed E-state index contributed by atoms with van der Waals surface area (Å²) in [6.45, 7) is 3.18. The molecule has 0 fully saturated rings. The quantitative estimate of drug-likeness (QED) is 0.791. The number of hydrogen-bond donors (Lipinski definition) is 1. The minimum absolute atomic E-state index is 0.304. The van der Waals surface area contributed by atoms with Gasteiger partial charge >= 0.3 is 5.97 Å². The maximum Gasteiger partial charge on any atom is 0.325 e. The average molecular weight is 285 g/mol. The van der Waals surface area contributed by atoms with Crippen molar-refractivity contribution in [3.63, 3.8) is 0 Å². The van der Waals surface area contributed by atoms with Crippen LogP contribution in [-0.4, -0.2) is 49.9 Å². The van der Waals surface area contributed by atoms with E-state index in [1.54, 1.807) is 12.0 Å². The molecular formula is C14H20FNO4. The molecule has 0 aliphatic carbocycles. The lowest BCUT2D eigenvalue weighted by Gasteiger charge is -2.28. The van der Waals surface area contributed by atoms with E-state index in [0.29, 0.717) is 31.0 Å². The van der Waals surface area contributed by atoms with E-state index in [9.17, 15) is 14.3 Å². The van der Waals surface area contributed by atoms with Gasteiger partial charge in [0.05, 0.1) is 13.7 Å². The van der Waals surface area contributed by atoms with E-state index in [1.165, 1.54) is 25.3 Å². The lowest BCUT2D eigenvalue weighted by Crippen LogP contribution is -2.36. The van der Waals surface area contributed by atoms with Gasteiger partial charge in [0.25, 0.3) is 0 Å². The summed E-state index contributed by atoms with van der Waals surface area (Å²) in [6.07, 6.45) is 0. The Bertz CT molecular complexity index is 453. The zero-order valence-corrected chi connectivity index (χ0v) is 11.9. The summed E-state index contributed by atoms with van der Waals surface area (Å²) in [5, 5.41) is 9.48. The number of methoxy groups -OCH3 is 2. The zero-order chi connectivity index (χ0) is 15.1. The van der Waals surface area contributed by atoms with Crippen LogP contribution in [0.4, 0.5) is 4.39 Å². The van der Waals surface area contributed by atoms with E-state index in [1.807, 2.05) is 6.92 Å². The largest absolute Gasteiger partial charge is 0.496 e. The molecule has 1 rings (SSSR count). The van der Waals surface area contributed by atoms with Crippen LogP contribution < -0.4 is 4.74 Å². The summed E-state index contributed by atoms with van der Waals surface area (Å²) in [4.78, 5) is 13.3. The molecule has 20 heavy (non-hydrogen) atoms. The highest BCUT2D eigenvalue weighted by molar-refractivity contribution is 5.76. The third-order valence-electron chi connectivity index (χ3n) is 3.07. The fourth-order valence-corrected chi connectivity index (χ4v) is 2.08. The minimum atomic E-state index is -1.05. The van der Waals surface area contributed by atoms with Gasteiger partial charge in [-0.1, -0.05) is 6.92 Å². The highest BCUT2D eigenvalue weighted by Crippen LogP contribution is 2.30. The van der Waals surface area contributed by atoms with E-state index in [4.69, 9.17) is 9.47 Å². The highest BCUT2D eigenvalue weighted by atomic mass is 19.1. The van der Waals surface area contributed by atoms with Crippen LogP contribution in [0, 0.1) is 5.82 Å². The lowest BCUT2D eigenvalue weighted by molar-refractivity contribution is -0.143. The second-order valence-corrected chi connectivity index (χ2v) is 4.25. The molecule has 1 N–H and O–H groups in total. The van der Waals surface area contributed by atoms with E-state index >= 15 is 0 Å². The van der Waals surface area contributed by atoms with Crippen molar-refractivity contribution >= 4 is 5.97 Å². The Morgan fingerprint density at radius 1 is 1.45 bits per heavy atom. The molecule has 0 bridgehead atoms. The molecule has 5 nitrogen and oxygen atoms in total. The number of halogens is 1. The first kappa shape index (κ1) is 16.4. The smallest absolute Gasteiger partial charge is 0.325 e. The molecule has 1 unspecified atom stereocenters. The molecule has 0 aliphatic heterocycles. The molecule has 112 valence electrons. The van der Waals surface area contributed by atoms with Gasteiger partial charge in [-0.3, -0.25) is 9.69 Å². The summed E-state index contributed by atoms with van der Waals surface area (Å²) in [7, 11) is 2.98. The number of aliphatic carboxylic acids is 1. The number of carboxylic acids is 1. The minimum Gasteiger partial charge on any atom is -0.496 e. The third-order valence-corrected chi connectivity index (χ3v) is 3.07. The predicted octanol–water partition coefficient (Wildman–Crippen LogP) is 1.93. The fourth-order valence-electron chi connectivity index (χ4n) is 2.08. The van der Waals surface area contributed by atoms with Crippen molar-refractivity contribution in [3.05, 3.63) is 29.6 Å². The normalized spacial score (nSPS) is 12.4. The number of carbonyl (C=O) groups is 1. The predicted molar refractivity (Wildman–Crippen MR) is 72.5 cm³/mol. The van der Waals surface area contributed by atoms with Crippen LogP contribution >= 0.6 is 0 Å². The van der Waals surface area contributed by atoms with Crippen molar-refractivity contribution in [2.45, 2.75) is 13.0 Å². The van der Waals surface area contributed by atoms with E-state index in [0.717, 1.165) is 0 Å². The molecule has 6 heteroatoms. The molecule has 0 saturated heterocycles. The van der Waals surface area contributed by atoms with Crippen molar-refractivity contribution in [2.24, 2.45) is 0 Å². The number of likely N-dealkylation sites (N-methyl/N-ethyl adjacent to an activating group) is 1. The van der Waals surface area contributed by atoms with E-state index < -0.39 is 17.8 Å². The van der Waals surface area contributed by atoms with Crippen LogP contribution in [0.5, 0.6) is 5.75 Å². The average Bonchev–Trinajstić information content (AvgIpc) is 2.42. The van der Waals surface area contributed by atoms with Gasteiger partial charge in [-0.05, 0) is 24.7 Å². The molecule has 1 atom stereocenters. The van der Waals surface area contributed by atoms with Gasteiger partial charge in [0, 0.05) is 19.2 Å². The maximum atomic E-state index is 13.4. The second kappa shape index (κ2) is 7.81. The van der Waals surface area contributed by atoms with Gasteiger partial charge in [-0.15, -0.1) is 0 Å². The number of benzene rings is 1. The first-order chi connectivity index (χ1) is 9.54. The van der Waals surface area contributed by atoms with Gasteiger partial charge in [0.2, 0.25) is 0 Å². The molecule has 0 aromatic heterocycles. The van der Waals surface area contributed by atoms with E-state index in [-0.39, 0.29) is 0 Å². The number of rotatable bonds is 8. The Morgan fingerprint density at radius 2 is 2.15 bits per heavy atom. The molecule has 0 heterocycles. The first-order valence-corrected chi connectivity index (χ1v) is 6.34. The van der Waals surface area contributed by atoms with Gasteiger partial charge in [0.15, 0.2) is 0 Å².